The first-order valence-electron chi connectivity index (χ1n) is 18.7. The van der Waals surface area contributed by atoms with E-state index in [9.17, 15) is 0 Å². The first-order valence-corrected chi connectivity index (χ1v) is 18.7. The molecule has 0 radical (unpaired) electrons. The van der Waals surface area contributed by atoms with Crippen molar-refractivity contribution >= 4 is 39.5 Å². The molecule has 2 heteroatoms. The van der Waals surface area contributed by atoms with Crippen LogP contribution in [0.3, 0.4) is 0 Å². The fraction of sp³-hybridized carbons (Fsp3) is 0.184. The van der Waals surface area contributed by atoms with Crippen LogP contribution in [-0.2, 0) is 6.42 Å². The Hall–Kier alpha value is -5.60. The zero-order chi connectivity index (χ0) is 34.6. The highest BCUT2D eigenvalue weighted by molar-refractivity contribution is 5.97. The summed E-state index contributed by atoms with van der Waals surface area (Å²) >= 11 is 0. The van der Waals surface area contributed by atoms with Gasteiger partial charge in [0.25, 0.3) is 0 Å². The molecule has 6 aromatic rings. The van der Waals surface area contributed by atoms with Gasteiger partial charge in [0.05, 0.1) is 5.52 Å². The summed E-state index contributed by atoms with van der Waals surface area (Å²) < 4.78 is 2.56. The lowest BCUT2D eigenvalue weighted by Gasteiger charge is -2.22. The van der Waals surface area contributed by atoms with Crippen molar-refractivity contribution in [2.24, 2.45) is 0 Å². The minimum Gasteiger partial charge on any atom is -0.317 e. The fourth-order valence-electron chi connectivity index (χ4n) is 7.70. The quantitative estimate of drug-likeness (QED) is 0.140. The summed E-state index contributed by atoms with van der Waals surface area (Å²) in [4.78, 5) is 2.32. The van der Waals surface area contributed by atoms with Gasteiger partial charge in [0.2, 0.25) is 0 Å². The summed E-state index contributed by atoms with van der Waals surface area (Å²) in [5.74, 6) is 0. The average molecular weight is 663 g/mol. The van der Waals surface area contributed by atoms with Crippen LogP contribution in [0.15, 0.2) is 157 Å². The van der Waals surface area contributed by atoms with E-state index in [0.29, 0.717) is 0 Å². The number of hydrogen-bond acceptors (Lipinski definition) is 1. The fourth-order valence-corrected chi connectivity index (χ4v) is 7.70. The van der Waals surface area contributed by atoms with E-state index in [1.54, 1.807) is 0 Å². The Labute approximate surface area is 303 Å². The largest absolute Gasteiger partial charge is 0.317 e. The van der Waals surface area contributed by atoms with Crippen LogP contribution in [0.4, 0.5) is 11.4 Å². The molecule has 0 bridgehead atoms. The number of rotatable bonds is 9. The Morgan fingerprint density at radius 1 is 0.706 bits per heavy atom. The Kier molecular flexibility index (Phi) is 9.40. The highest BCUT2D eigenvalue weighted by atomic mass is 15.1. The standard InChI is InChI=1S/C49H46N2/c1-3-36(2)30-42(35-50(43-22-12-6-13-23-43)44-24-14-7-15-25-44)39-28-29-49-47(34-39)46-26-16-17-27-48(46)51(49)45-32-40(37-18-8-4-9-19-37)31-41(33-45)38-20-10-5-11-21-38/h4,6-9,12-16,18-20,22-26,28-35H,3,5,10-11,17,21,27H2,1-2H3/b36-30-,42-35+. The maximum Gasteiger partial charge on any atom is 0.0538 e. The van der Waals surface area contributed by atoms with Crippen molar-refractivity contribution in [3.8, 4) is 16.8 Å². The predicted molar refractivity (Wildman–Crippen MR) is 220 cm³/mol. The number of nitrogens with zero attached hydrogens (tertiary/aromatic N) is 2. The Bertz CT molecular complexity index is 2240. The van der Waals surface area contributed by atoms with Gasteiger partial charge < -0.3 is 9.47 Å². The van der Waals surface area contributed by atoms with Gasteiger partial charge in [0, 0.05) is 39.9 Å². The highest BCUT2D eigenvalue weighted by Crippen LogP contribution is 2.39. The third-order valence-electron chi connectivity index (χ3n) is 10.5. The lowest BCUT2D eigenvalue weighted by molar-refractivity contribution is 0.742. The van der Waals surface area contributed by atoms with Crippen molar-refractivity contribution in [2.75, 3.05) is 4.90 Å². The molecule has 1 heterocycles. The van der Waals surface area contributed by atoms with Crippen LogP contribution in [0.5, 0.6) is 0 Å². The molecule has 0 saturated heterocycles. The second-order valence-corrected chi connectivity index (χ2v) is 13.9. The second-order valence-electron chi connectivity index (χ2n) is 13.9. The predicted octanol–water partition coefficient (Wildman–Crippen LogP) is 13.7. The molecule has 51 heavy (non-hydrogen) atoms. The molecule has 2 aliphatic carbocycles. The average Bonchev–Trinajstić information content (AvgIpc) is 3.54. The van der Waals surface area contributed by atoms with Crippen LogP contribution in [0.2, 0.25) is 0 Å². The molecule has 8 rings (SSSR count). The Morgan fingerprint density at radius 2 is 1.41 bits per heavy atom. The topological polar surface area (TPSA) is 8.17 Å². The first kappa shape index (κ1) is 32.6. The van der Waals surface area contributed by atoms with Gasteiger partial charge >= 0.3 is 0 Å². The third kappa shape index (κ3) is 6.79. The van der Waals surface area contributed by atoms with Gasteiger partial charge in [-0.15, -0.1) is 0 Å². The molecule has 1 aromatic heterocycles. The normalized spacial score (nSPS) is 14.7. The van der Waals surface area contributed by atoms with E-state index in [0.717, 1.165) is 37.1 Å². The van der Waals surface area contributed by atoms with Gasteiger partial charge in [0.1, 0.15) is 0 Å². The summed E-state index contributed by atoms with van der Waals surface area (Å²) in [7, 11) is 0. The molecule has 5 aromatic carbocycles. The van der Waals surface area contributed by atoms with Gasteiger partial charge in [-0.25, -0.2) is 0 Å². The molecule has 0 N–H and O–H groups in total. The molecule has 2 aliphatic rings. The smallest absolute Gasteiger partial charge is 0.0538 e. The number of fused-ring (bicyclic) bond motifs is 3. The van der Waals surface area contributed by atoms with Crippen LogP contribution in [0.1, 0.15) is 74.8 Å². The van der Waals surface area contributed by atoms with Crippen molar-refractivity contribution in [1.29, 1.82) is 0 Å². The number of allylic oxidation sites excluding steroid dienone is 6. The van der Waals surface area contributed by atoms with Crippen LogP contribution in [0, 0.1) is 0 Å². The second kappa shape index (κ2) is 14.7. The molecular formula is C49H46N2. The summed E-state index contributed by atoms with van der Waals surface area (Å²) in [6, 6.07) is 46.6. The monoisotopic (exact) mass is 662 g/mol. The number of aromatic nitrogens is 1. The van der Waals surface area contributed by atoms with E-state index in [1.807, 2.05) is 0 Å². The Balaban J connectivity index is 1.32. The molecule has 0 fully saturated rings. The maximum atomic E-state index is 2.56. The molecule has 0 saturated carbocycles. The first-order chi connectivity index (χ1) is 25.2. The number of benzene rings is 5. The summed E-state index contributed by atoms with van der Waals surface area (Å²) in [6.45, 7) is 4.48. The number of hydrogen-bond donors (Lipinski definition) is 0. The lowest BCUT2D eigenvalue weighted by atomic mass is 9.91. The zero-order valence-electron chi connectivity index (χ0n) is 29.9. The van der Waals surface area contributed by atoms with E-state index < -0.39 is 0 Å². The van der Waals surface area contributed by atoms with E-state index in [2.05, 4.69) is 181 Å². The van der Waals surface area contributed by atoms with E-state index >= 15 is 0 Å². The van der Waals surface area contributed by atoms with Crippen molar-refractivity contribution in [1.82, 2.24) is 4.57 Å². The SMILES string of the molecule is CC/C(C)=C\C(=C/N(c1ccccc1)c1ccccc1)c1ccc2c(c1)c1c(n2-c2cc(C3=CCCCC3)cc(-c3ccccc3)c2)CCC=C1. The zero-order valence-corrected chi connectivity index (χ0v) is 29.9. The summed E-state index contributed by atoms with van der Waals surface area (Å²) in [5, 5.41) is 1.31. The summed E-state index contributed by atoms with van der Waals surface area (Å²) in [6.07, 6.45) is 19.8. The van der Waals surface area contributed by atoms with Gasteiger partial charge in [-0.3, -0.25) is 0 Å². The molecule has 0 atom stereocenters. The molecule has 0 aliphatic heterocycles. The van der Waals surface area contributed by atoms with Gasteiger partial charge in [-0.05, 0) is 140 Å². The molecule has 252 valence electrons. The summed E-state index contributed by atoms with van der Waals surface area (Å²) in [5.41, 5.74) is 16.7. The van der Waals surface area contributed by atoms with E-state index in [-0.39, 0.29) is 0 Å². The van der Waals surface area contributed by atoms with Gasteiger partial charge in [-0.2, -0.15) is 0 Å². The van der Waals surface area contributed by atoms with Crippen LogP contribution in [-0.4, -0.2) is 4.57 Å². The van der Waals surface area contributed by atoms with E-state index in [4.69, 9.17) is 0 Å². The van der Waals surface area contributed by atoms with Crippen LogP contribution in [0.25, 0.3) is 44.9 Å². The van der Waals surface area contributed by atoms with Gasteiger partial charge in [-0.1, -0.05) is 110 Å². The minimum atomic E-state index is 1.00. The Morgan fingerprint density at radius 3 is 2.10 bits per heavy atom. The highest BCUT2D eigenvalue weighted by Gasteiger charge is 2.21. The minimum absolute atomic E-state index is 1.00. The maximum absolute atomic E-state index is 2.56. The number of para-hydroxylation sites is 2. The van der Waals surface area contributed by atoms with Crippen LogP contribution < -0.4 is 4.90 Å². The van der Waals surface area contributed by atoms with Crippen LogP contribution >= 0.6 is 0 Å². The number of anilines is 2. The van der Waals surface area contributed by atoms with Crippen molar-refractivity contribution in [3.05, 3.63) is 180 Å². The molecule has 0 unspecified atom stereocenters. The van der Waals surface area contributed by atoms with Crippen molar-refractivity contribution in [2.45, 2.75) is 58.8 Å². The third-order valence-corrected chi connectivity index (χ3v) is 10.5. The van der Waals surface area contributed by atoms with Gasteiger partial charge in [0.15, 0.2) is 0 Å². The van der Waals surface area contributed by atoms with Crippen molar-refractivity contribution < 1.29 is 0 Å². The van der Waals surface area contributed by atoms with Crippen molar-refractivity contribution in [3.63, 3.8) is 0 Å². The molecule has 0 amide bonds. The molecule has 0 spiro atoms. The van der Waals surface area contributed by atoms with E-state index in [1.165, 1.54) is 86.1 Å². The lowest BCUT2D eigenvalue weighted by Crippen LogP contribution is -2.09. The molecule has 2 nitrogen and oxygen atoms in total. The molecular weight excluding hydrogens is 617 g/mol.